The number of rotatable bonds is 4. The Balaban J connectivity index is 2.29. The van der Waals surface area contributed by atoms with Crippen LogP contribution in [0.1, 0.15) is 24.0 Å². The second-order valence-corrected chi connectivity index (χ2v) is 7.24. The molecule has 0 aliphatic rings. The average Bonchev–Trinajstić information content (AvgIpc) is 2.61. The smallest absolute Gasteiger partial charge is 0.298 e. The molecule has 2 N–H and O–H groups in total. The molecule has 0 aromatic heterocycles. The van der Waals surface area contributed by atoms with Gasteiger partial charge in [0.2, 0.25) is 0 Å². The van der Waals surface area contributed by atoms with Crippen LogP contribution in [0.2, 0.25) is 0 Å². The summed E-state index contributed by atoms with van der Waals surface area (Å²) < 4.78 is 32.6. The van der Waals surface area contributed by atoms with E-state index in [1.165, 1.54) is 6.07 Å². The van der Waals surface area contributed by atoms with Crippen LogP contribution in [0.5, 0.6) is 5.75 Å². The van der Waals surface area contributed by atoms with Crippen LogP contribution in [0.4, 0.5) is 0 Å². The normalized spacial score (nSPS) is 12.7. The predicted molar refractivity (Wildman–Crippen MR) is 97.3 cm³/mol. The predicted octanol–water partition coefficient (Wildman–Crippen LogP) is 4.46. The summed E-state index contributed by atoms with van der Waals surface area (Å²) in [5.74, 6) is -0.682. The summed E-state index contributed by atoms with van der Waals surface area (Å²) in [5, 5.41) is 10.7. The molecular weight excluding hydrogens is 336 g/mol. The van der Waals surface area contributed by atoms with E-state index in [2.05, 4.69) is 0 Å². The summed E-state index contributed by atoms with van der Waals surface area (Å²) in [5.41, 5.74) is 2.98. The third-order valence-electron chi connectivity index (χ3n) is 4.28. The van der Waals surface area contributed by atoms with Gasteiger partial charge in [0.1, 0.15) is 10.6 Å². The van der Waals surface area contributed by atoms with Crippen molar-refractivity contribution in [3.63, 3.8) is 0 Å². The highest BCUT2D eigenvalue weighted by molar-refractivity contribution is 7.86. The van der Waals surface area contributed by atoms with Gasteiger partial charge in [-0.05, 0) is 22.8 Å². The van der Waals surface area contributed by atoms with Crippen LogP contribution in [-0.2, 0) is 10.1 Å². The van der Waals surface area contributed by atoms with Crippen molar-refractivity contribution < 1.29 is 18.1 Å². The molecule has 4 nitrogen and oxygen atoms in total. The SMILES string of the molecule is CC(c1ccccc1)c1c(-c2ccccc2)ccc(S(=O)(=O)O)c1O. The second kappa shape index (κ2) is 6.70. The highest BCUT2D eigenvalue weighted by atomic mass is 32.2. The second-order valence-electron chi connectivity index (χ2n) is 5.85. The van der Waals surface area contributed by atoms with Crippen LogP contribution < -0.4 is 0 Å². The lowest BCUT2D eigenvalue weighted by molar-refractivity contribution is 0.437. The van der Waals surface area contributed by atoms with Crippen LogP contribution in [0.25, 0.3) is 11.1 Å². The van der Waals surface area contributed by atoms with E-state index in [1.807, 2.05) is 67.6 Å². The summed E-state index contributed by atoms with van der Waals surface area (Å²) in [6, 6.07) is 21.8. The Hall–Kier alpha value is -2.63. The zero-order valence-corrected chi connectivity index (χ0v) is 14.4. The number of aromatic hydroxyl groups is 1. The molecule has 5 heteroatoms. The third kappa shape index (κ3) is 3.43. The average molecular weight is 354 g/mol. The van der Waals surface area contributed by atoms with E-state index >= 15 is 0 Å². The zero-order valence-electron chi connectivity index (χ0n) is 13.6. The van der Waals surface area contributed by atoms with Crippen LogP contribution in [0.3, 0.4) is 0 Å². The van der Waals surface area contributed by atoms with Gasteiger partial charge in [-0.1, -0.05) is 73.7 Å². The molecule has 0 aliphatic carbocycles. The minimum atomic E-state index is -4.52. The van der Waals surface area contributed by atoms with Crippen molar-refractivity contribution in [3.8, 4) is 16.9 Å². The van der Waals surface area contributed by atoms with Crippen molar-refractivity contribution in [2.75, 3.05) is 0 Å². The van der Waals surface area contributed by atoms with Crippen molar-refractivity contribution >= 4 is 10.1 Å². The molecule has 0 bridgehead atoms. The van der Waals surface area contributed by atoms with Crippen molar-refractivity contribution in [2.45, 2.75) is 17.7 Å². The van der Waals surface area contributed by atoms with Crippen LogP contribution in [0.15, 0.2) is 77.7 Å². The fourth-order valence-electron chi connectivity index (χ4n) is 3.01. The van der Waals surface area contributed by atoms with E-state index in [1.54, 1.807) is 6.07 Å². The highest BCUT2D eigenvalue weighted by Crippen LogP contribution is 2.42. The molecule has 0 amide bonds. The van der Waals surface area contributed by atoms with Crippen molar-refractivity contribution in [3.05, 3.63) is 83.9 Å². The fourth-order valence-corrected chi connectivity index (χ4v) is 3.61. The third-order valence-corrected chi connectivity index (χ3v) is 5.16. The molecule has 128 valence electrons. The van der Waals surface area contributed by atoms with E-state index in [9.17, 15) is 18.1 Å². The number of hydrogen-bond donors (Lipinski definition) is 2. The number of benzene rings is 3. The Kier molecular flexibility index (Phi) is 4.61. The fraction of sp³-hybridized carbons (Fsp3) is 0.100. The summed E-state index contributed by atoms with van der Waals surface area (Å²) in [6.45, 7) is 1.89. The Morgan fingerprint density at radius 3 is 1.96 bits per heavy atom. The summed E-state index contributed by atoms with van der Waals surface area (Å²) >= 11 is 0. The Bertz CT molecular complexity index is 981. The lowest BCUT2D eigenvalue weighted by Crippen LogP contribution is -2.05. The zero-order chi connectivity index (χ0) is 18.0. The molecule has 1 atom stereocenters. The maximum Gasteiger partial charge on any atom is 0.298 e. The monoisotopic (exact) mass is 354 g/mol. The largest absolute Gasteiger partial charge is 0.506 e. The number of hydrogen-bond acceptors (Lipinski definition) is 3. The van der Waals surface area contributed by atoms with Gasteiger partial charge in [0.15, 0.2) is 0 Å². The van der Waals surface area contributed by atoms with E-state index in [0.717, 1.165) is 16.7 Å². The molecule has 0 saturated heterocycles. The van der Waals surface area contributed by atoms with Gasteiger partial charge in [0.25, 0.3) is 10.1 Å². The first-order valence-electron chi connectivity index (χ1n) is 7.83. The molecule has 3 rings (SSSR count). The first-order chi connectivity index (χ1) is 11.9. The molecule has 0 spiro atoms. The van der Waals surface area contributed by atoms with Gasteiger partial charge in [-0.3, -0.25) is 4.55 Å². The van der Waals surface area contributed by atoms with Crippen LogP contribution in [0, 0.1) is 0 Å². The Morgan fingerprint density at radius 1 is 0.840 bits per heavy atom. The molecule has 0 fully saturated rings. The van der Waals surface area contributed by atoms with Crippen molar-refractivity contribution in [1.82, 2.24) is 0 Å². The number of phenolic OH excluding ortho intramolecular Hbond substituents is 1. The van der Waals surface area contributed by atoms with Crippen molar-refractivity contribution in [2.24, 2.45) is 0 Å². The van der Waals surface area contributed by atoms with Crippen molar-refractivity contribution in [1.29, 1.82) is 0 Å². The Labute approximate surface area is 147 Å². The number of phenols is 1. The molecule has 0 radical (unpaired) electrons. The molecule has 0 aliphatic heterocycles. The van der Waals surface area contributed by atoms with Gasteiger partial charge in [0.05, 0.1) is 0 Å². The highest BCUT2D eigenvalue weighted by Gasteiger charge is 2.25. The quantitative estimate of drug-likeness (QED) is 0.679. The minimum Gasteiger partial charge on any atom is -0.506 e. The van der Waals surface area contributed by atoms with Gasteiger partial charge in [0, 0.05) is 11.5 Å². The van der Waals surface area contributed by atoms with Gasteiger partial charge < -0.3 is 5.11 Å². The van der Waals surface area contributed by atoms with Gasteiger partial charge in [-0.2, -0.15) is 8.42 Å². The first-order valence-corrected chi connectivity index (χ1v) is 9.27. The van der Waals surface area contributed by atoms with E-state index < -0.39 is 20.8 Å². The minimum absolute atomic E-state index is 0.266. The molecule has 0 saturated carbocycles. The van der Waals surface area contributed by atoms with Gasteiger partial charge in [-0.15, -0.1) is 0 Å². The lowest BCUT2D eigenvalue weighted by Gasteiger charge is -2.20. The standard InChI is InChI=1S/C20H18O4S/c1-14(15-8-4-2-5-9-15)19-17(16-10-6-3-7-11-16)12-13-18(20(19)21)25(22,23)24/h2-14,21H,1H3,(H,22,23,24). The van der Waals surface area contributed by atoms with E-state index in [4.69, 9.17) is 0 Å². The summed E-state index contributed by atoms with van der Waals surface area (Å²) in [4.78, 5) is -0.482. The summed E-state index contributed by atoms with van der Waals surface area (Å²) in [7, 11) is -4.52. The molecule has 0 heterocycles. The lowest BCUT2D eigenvalue weighted by atomic mass is 9.86. The first kappa shape index (κ1) is 17.2. The van der Waals surface area contributed by atoms with E-state index in [0.29, 0.717) is 5.56 Å². The van der Waals surface area contributed by atoms with Crippen LogP contribution in [-0.4, -0.2) is 18.1 Å². The Morgan fingerprint density at radius 2 is 1.40 bits per heavy atom. The topological polar surface area (TPSA) is 74.6 Å². The van der Waals surface area contributed by atoms with E-state index in [-0.39, 0.29) is 5.92 Å². The van der Waals surface area contributed by atoms with Crippen LogP contribution >= 0.6 is 0 Å². The molecule has 1 unspecified atom stereocenters. The molecular formula is C20H18O4S. The van der Waals surface area contributed by atoms with Gasteiger partial charge >= 0.3 is 0 Å². The maximum absolute atomic E-state index is 11.6. The maximum atomic E-state index is 11.6. The van der Waals surface area contributed by atoms with Gasteiger partial charge in [-0.25, -0.2) is 0 Å². The summed E-state index contributed by atoms with van der Waals surface area (Å²) in [6.07, 6.45) is 0. The molecule has 3 aromatic carbocycles. The molecule has 3 aromatic rings. The molecule has 25 heavy (non-hydrogen) atoms.